The summed E-state index contributed by atoms with van der Waals surface area (Å²) in [6.45, 7) is 8.81. The Labute approximate surface area is 452 Å². The molecule has 5 aliphatic rings. The lowest BCUT2D eigenvalue weighted by Gasteiger charge is -2.66. The monoisotopic (exact) mass is 1070 g/mol. The number of aliphatic hydroxyl groups is 4. The van der Waals surface area contributed by atoms with Gasteiger partial charge in [-0.1, -0.05) is 132 Å². The van der Waals surface area contributed by atoms with Gasteiger partial charge in [-0.15, -0.1) is 0 Å². The first-order valence-corrected chi connectivity index (χ1v) is 27.6. The van der Waals surface area contributed by atoms with E-state index in [0.717, 1.165) is 58.3 Å². The Morgan fingerprint density at radius 1 is 0.844 bits per heavy atom. The number of rotatable bonds is 24. The second-order valence-corrected chi connectivity index (χ2v) is 22.2. The predicted octanol–water partition coefficient (Wildman–Crippen LogP) is 8.02. The molecule has 2 aliphatic heterocycles. The van der Waals surface area contributed by atoms with Gasteiger partial charge in [0.15, 0.2) is 18.2 Å². The maximum atomic E-state index is 15.1. The minimum absolute atomic E-state index is 0.00381. The summed E-state index contributed by atoms with van der Waals surface area (Å²) < 4.78 is 41.1. The van der Waals surface area contributed by atoms with Crippen molar-refractivity contribution in [2.75, 3.05) is 19.8 Å². The average Bonchev–Trinajstić information content (AvgIpc) is 3.94. The smallest absolute Gasteiger partial charge is 0.455 e. The van der Waals surface area contributed by atoms with Gasteiger partial charge in [-0.25, -0.2) is 9.59 Å². The van der Waals surface area contributed by atoms with Crippen molar-refractivity contribution in [2.45, 2.75) is 198 Å². The van der Waals surface area contributed by atoms with Gasteiger partial charge in [0, 0.05) is 36.7 Å². The van der Waals surface area contributed by atoms with Gasteiger partial charge in [-0.3, -0.25) is 14.4 Å². The van der Waals surface area contributed by atoms with Gasteiger partial charge >= 0.3 is 18.1 Å². The van der Waals surface area contributed by atoms with Crippen LogP contribution in [0.2, 0.25) is 0 Å². The minimum atomic E-state index is -2.37. The summed E-state index contributed by atoms with van der Waals surface area (Å²) in [5, 5.41) is 52.4. The predicted molar refractivity (Wildman–Crippen MR) is 283 cm³/mol. The highest BCUT2D eigenvalue weighted by Crippen LogP contribution is 2.63. The third kappa shape index (κ3) is 13.1. The number of aliphatic hydroxyl groups excluding tert-OH is 2. The molecule has 2 aromatic carbocycles. The molecule has 1 amide bonds. The van der Waals surface area contributed by atoms with Crippen LogP contribution >= 0.6 is 0 Å². The van der Waals surface area contributed by atoms with E-state index >= 15 is 9.59 Å². The zero-order valence-electron chi connectivity index (χ0n) is 45.6. The largest absolute Gasteiger partial charge is 0.509 e. The Hall–Kier alpha value is -5.27. The number of nitrogens with one attached hydrogen (secondary N) is 1. The quantitative estimate of drug-likeness (QED) is 0.0289. The molecular weight excluding hydrogens is 991 g/mol. The van der Waals surface area contributed by atoms with E-state index in [9.17, 15) is 34.8 Å². The lowest BCUT2D eigenvalue weighted by molar-refractivity contribution is -0.344. The Bertz CT molecular complexity index is 2440. The van der Waals surface area contributed by atoms with Crippen molar-refractivity contribution < 1.29 is 77.6 Å². The second kappa shape index (κ2) is 26.1. The fourth-order valence-electron chi connectivity index (χ4n) is 12.2. The Morgan fingerprint density at radius 3 is 2.14 bits per heavy atom. The average molecular weight is 1070 g/mol. The molecule has 2 bridgehead atoms. The molecule has 2 heterocycles. The number of carbonyl (C=O) groups is 5. The van der Waals surface area contributed by atoms with Crippen molar-refractivity contribution in [2.24, 2.45) is 16.7 Å². The summed E-state index contributed by atoms with van der Waals surface area (Å²) in [6.07, 6.45) is 8.94. The topological polar surface area (TPSA) is 243 Å². The molecule has 77 heavy (non-hydrogen) atoms. The van der Waals surface area contributed by atoms with E-state index in [2.05, 4.69) is 36.5 Å². The number of allylic oxidation sites excluding steroid dienone is 4. The van der Waals surface area contributed by atoms with E-state index in [1.165, 1.54) is 33.1 Å². The summed E-state index contributed by atoms with van der Waals surface area (Å²) in [6, 6.07) is 15.0. The third-order valence-electron chi connectivity index (χ3n) is 16.8. The van der Waals surface area contributed by atoms with E-state index in [1.807, 2.05) is 0 Å². The fourth-order valence-corrected chi connectivity index (χ4v) is 12.2. The van der Waals surface area contributed by atoms with Crippen LogP contribution in [-0.2, 0) is 47.5 Å². The van der Waals surface area contributed by atoms with Gasteiger partial charge in [0.2, 0.25) is 6.10 Å². The molecule has 0 spiro atoms. The van der Waals surface area contributed by atoms with Crippen molar-refractivity contribution in [3.63, 3.8) is 0 Å². The zero-order chi connectivity index (χ0) is 55.5. The van der Waals surface area contributed by atoms with Crippen LogP contribution in [0.5, 0.6) is 0 Å². The van der Waals surface area contributed by atoms with E-state index in [1.54, 1.807) is 74.5 Å². The first kappa shape index (κ1) is 59.4. The molecule has 7 rings (SSSR count). The highest BCUT2D eigenvalue weighted by atomic mass is 16.8. The molecule has 2 saturated heterocycles. The number of ketones is 1. The molecular formula is C60H81NO16. The molecule has 2 aromatic rings. The van der Waals surface area contributed by atoms with Crippen molar-refractivity contribution >= 4 is 29.8 Å². The van der Waals surface area contributed by atoms with Gasteiger partial charge in [0.25, 0.3) is 5.91 Å². The van der Waals surface area contributed by atoms with Crippen LogP contribution in [0.25, 0.3) is 0 Å². The van der Waals surface area contributed by atoms with Crippen LogP contribution in [0, 0.1) is 16.7 Å². The minimum Gasteiger partial charge on any atom is -0.455 e. The number of ether oxygens (including phenoxy) is 7. The van der Waals surface area contributed by atoms with Crippen molar-refractivity contribution in [1.29, 1.82) is 0 Å². The molecule has 4 fully saturated rings. The van der Waals surface area contributed by atoms with Crippen molar-refractivity contribution in [3.8, 4) is 0 Å². The summed E-state index contributed by atoms with van der Waals surface area (Å²) in [7, 11) is 0. The van der Waals surface area contributed by atoms with Gasteiger partial charge in [-0.05, 0) is 81.2 Å². The highest BCUT2D eigenvalue weighted by molar-refractivity contribution is 5.96. The van der Waals surface area contributed by atoms with Crippen LogP contribution in [-0.4, -0.2) is 130 Å². The molecule has 17 heteroatoms. The Morgan fingerprint density at radius 2 is 1.49 bits per heavy atom. The van der Waals surface area contributed by atoms with Crippen LogP contribution in [0.15, 0.2) is 96.1 Å². The summed E-state index contributed by atoms with van der Waals surface area (Å²) in [5.74, 6) is -5.15. The molecule has 2 unspecified atom stereocenters. The molecule has 13 atom stereocenters. The lowest BCUT2D eigenvalue weighted by Crippen LogP contribution is -2.80. The number of esters is 2. The molecule has 0 radical (unpaired) electrons. The first-order valence-electron chi connectivity index (χ1n) is 27.6. The van der Waals surface area contributed by atoms with E-state index < -0.39 is 119 Å². The normalized spacial score (nSPS) is 31.3. The van der Waals surface area contributed by atoms with Gasteiger partial charge in [0.05, 0.1) is 36.9 Å². The maximum absolute atomic E-state index is 15.1. The van der Waals surface area contributed by atoms with Crippen LogP contribution in [0.3, 0.4) is 0 Å². The third-order valence-corrected chi connectivity index (χ3v) is 16.8. The van der Waals surface area contributed by atoms with E-state index in [-0.39, 0.29) is 43.0 Å². The van der Waals surface area contributed by atoms with Gasteiger partial charge in [0.1, 0.15) is 36.1 Å². The zero-order valence-corrected chi connectivity index (χ0v) is 45.6. The van der Waals surface area contributed by atoms with E-state index in [0.29, 0.717) is 12.0 Å². The fraction of sp³-hybridized carbons (Fsp3) is 0.617. The number of amides is 1. The standard InChI is InChI=1S/C60H81NO16/c1-7-8-9-10-11-12-13-14-15-16-17-18-19-20-27-32-46-71-35-42(75-46)36-72-56(68)77-50(48(40-28-23-21-24-29-40)61-54(66)41-30-25-22-26-31-41)55(67)76-43-34-60(70)53(65)51-58(6,44(63)33-45-59(51,69)37-73-45)52(64)49(74-39(3)62)47(38(43)2)57(60,4)5/h10-11,13-14,21-26,28-31,42-46,48-51,53,63,65,69-70H,7-9,12,15-20,27,32-37H2,1-6H3,(H,61,66)/b11-10-,14-13-/t42?,43-,44-,45+,46?,48-,49+,50+,51-,53-,58+,59-,60+/m0/s1. The maximum Gasteiger partial charge on any atom is 0.509 e. The van der Waals surface area contributed by atoms with E-state index in [4.69, 9.17) is 33.2 Å². The summed E-state index contributed by atoms with van der Waals surface area (Å²) >= 11 is 0. The van der Waals surface area contributed by atoms with Crippen LogP contribution in [0.1, 0.15) is 153 Å². The van der Waals surface area contributed by atoms with Gasteiger partial charge in [-0.2, -0.15) is 0 Å². The SMILES string of the molecule is CCCC/C=C\C/C=C\CCCCCCCCC1OCC(COC(=O)O[C@@H](C(=O)O[C@H]2C[C@@]3(O)[C@@H](O)[C@@H]4[C@]5(O)CO[C@@H]5C[C@H](O)[C@@]4(C)C(=O)[C@H](OC(C)=O)C(=C2C)C3(C)C)[C@@H](NC(=O)c2ccccc2)c2ccccc2)O1. The Balaban J connectivity index is 1.07. The molecule has 5 N–H and O–H groups in total. The number of unbranched alkanes of at least 4 members (excludes halogenated alkanes) is 8. The number of Topliss-reactive ketones (excluding diaryl/α,β-unsaturated/α-hetero) is 1. The van der Waals surface area contributed by atoms with Crippen molar-refractivity contribution in [1.82, 2.24) is 5.32 Å². The first-order chi connectivity index (χ1) is 36.8. The van der Waals surface area contributed by atoms with Gasteiger partial charge < -0.3 is 58.9 Å². The molecule has 2 saturated carbocycles. The highest BCUT2D eigenvalue weighted by Gasteiger charge is 2.75. The number of benzene rings is 2. The summed E-state index contributed by atoms with van der Waals surface area (Å²) in [5.41, 5.74) is -7.17. The van der Waals surface area contributed by atoms with Crippen molar-refractivity contribution in [3.05, 3.63) is 107 Å². The number of fused-ring (bicyclic) bond motifs is 5. The molecule has 3 aliphatic carbocycles. The lowest BCUT2D eigenvalue weighted by atomic mass is 9.45. The van der Waals surface area contributed by atoms with Crippen LogP contribution in [0.4, 0.5) is 4.79 Å². The number of carbonyl (C=O) groups excluding carboxylic acids is 5. The number of hydrogen-bond donors (Lipinski definition) is 5. The number of hydrogen-bond acceptors (Lipinski definition) is 16. The molecule has 422 valence electrons. The molecule has 0 aromatic heterocycles. The molecule has 17 nitrogen and oxygen atoms in total. The summed E-state index contributed by atoms with van der Waals surface area (Å²) in [4.78, 5) is 70.9. The van der Waals surface area contributed by atoms with Crippen LogP contribution < -0.4 is 5.32 Å². The second-order valence-electron chi connectivity index (χ2n) is 22.2. The Kier molecular flexibility index (Phi) is 20.2.